The number of amides is 1. The highest BCUT2D eigenvalue weighted by atomic mass is 35.5. The summed E-state index contributed by atoms with van der Waals surface area (Å²) < 4.78 is 33.6. The van der Waals surface area contributed by atoms with Gasteiger partial charge in [0.15, 0.2) is 0 Å². The van der Waals surface area contributed by atoms with Crippen molar-refractivity contribution in [3.05, 3.63) is 88.4 Å². The maximum Gasteiger partial charge on any atom is 0.241 e. The van der Waals surface area contributed by atoms with Crippen LogP contribution in [0.5, 0.6) is 0 Å². The van der Waals surface area contributed by atoms with E-state index in [9.17, 15) is 13.2 Å². The summed E-state index contributed by atoms with van der Waals surface area (Å²) in [6, 6.07) is 20.3. The number of nitrogens with one attached hydrogen (secondary N) is 1. The molecule has 9 heteroatoms. The lowest BCUT2D eigenvalue weighted by atomic mass is 9.93. The van der Waals surface area contributed by atoms with Gasteiger partial charge in [0.25, 0.3) is 0 Å². The summed E-state index contributed by atoms with van der Waals surface area (Å²) in [7, 11) is -3.68. The van der Waals surface area contributed by atoms with E-state index in [1.54, 1.807) is 56.0 Å². The molecule has 7 nitrogen and oxygen atoms in total. The summed E-state index contributed by atoms with van der Waals surface area (Å²) in [4.78, 5) is 18.0. The number of morpholine rings is 1. The normalized spacial score (nSPS) is 18.1. The van der Waals surface area contributed by atoms with Crippen molar-refractivity contribution in [1.82, 2.24) is 4.72 Å². The van der Waals surface area contributed by atoms with Gasteiger partial charge in [0, 0.05) is 35.0 Å². The van der Waals surface area contributed by atoms with Crippen LogP contribution in [0.25, 0.3) is 0 Å². The Morgan fingerprint density at radius 2 is 1.63 bits per heavy atom. The fraction of sp³-hybridized carbons (Fsp3) is 0.345. The number of carbonyl (C=O) groups is 1. The van der Waals surface area contributed by atoms with E-state index in [1.807, 2.05) is 12.1 Å². The van der Waals surface area contributed by atoms with Crippen LogP contribution in [0, 0.1) is 0 Å². The van der Waals surface area contributed by atoms with Crippen LogP contribution in [-0.2, 0) is 26.1 Å². The van der Waals surface area contributed by atoms with E-state index < -0.39 is 21.5 Å². The first kappa shape index (κ1) is 26.7. The van der Waals surface area contributed by atoms with Crippen LogP contribution >= 0.6 is 11.6 Å². The summed E-state index contributed by atoms with van der Waals surface area (Å²) in [6.45, 7) is 8.99. The average Bonchev–Trinajstić information content (AvgIpc) is 3.14. The molecule has 1 amide bonds. The second kappa shape index (κ2) is 10.3. The van der Waals surface area contributed by atoms with Crippen molar-refractivity contribution in [1.29, 1.82) is 0 Å². The number of benzene rings is 3. The molecule has 1 fully saturated rings. The largest absolute Gasteiger partial charge is 0.378 e. The molecule has 0 bridgehead atoms. The Balaban J connectivity index is 1.40. The highest BCUT2D eigenvalue weighted by Gasteiger charge is 2.38. The number of fused-ring (bicyclic) bond motifs is 1. The molecular weight excluding hydrogens is 522 g/mol. The van der Waals surface area contributed by atoms with E-state index in [4.69, 9.17) is 16.3 Å². The van der Waals surface area contributed by atoms with Gasteiger partial charge in [0.1, 0.15) is 0 Å². The van der Waals surface area contributed by atoms with Crippen molar-refractivity contribution in [2.24, 2.45) is 0 Å². The van der Waals surface area contributed by atoms with Gasteiger partial charge < -0.3 is 14.5 Å². The Morgan fingerprint density at radius 3 is 2.26 bits per heavy atom. The highest BCUT2D eigenvalue weighted by molar-refractivity contribution is 7.89. The van der Waals surface area contributed by atoms with Crippen LogP contribution in [0.2, 0.25) is 5.02 Å². The molecule has 38 heavy (non-hydrogen) atoms. The van der Waals surface area contributed by atoms with Gasteiger partial charge in [-0.2, -0.15) is 0 Å². The third-order valence-electron chi connectivity index (χ3n) is 6.72. The van der Waals surface area contributed by atoms with Crippen molar-refractivity contribution in [3.8, 4) is 0 Å². The Kier molecular flexibility index (Phi) is 7.26. The Labute approximate surface area is 229 Å². The fourth-order valence-electron chi connectivity index (χ4n) is 5.01. The maximum absolute atomic E-state index is 13.8. The molecule has 3 aromatic rings. The lowest BCUT2D eigenvalue weighted by Crippen LogP contribution is -2.40. The molecule has 1 N–H and O–H groups in total. The summed E-state index contributed by atoms with van der Waals surface area (Å²) in [6.07, 6.45) is 0. The van der Waals surface area contributed by atoms with Crippen LogP contribution in [0.15, 0.2) is 71.6 Å². The molecule has 200 valence electrons. The van der Waals surface area contributed by atoms with Gasteiger partial charge in [-0.15, -0.1) is 0 Å². The monoisotopic (exact) mass is 553 g/mol. The van der Waals surface area contributed by atoms with Gasteiger partial charge in [0.05, 0.1) is 30.6 Å². The molecule has 1 unspecified atom stereocenters. The van der Waals surface area contributed by atoms with Crippen LogP contribution in [0.4, 0.5) is 11.4 Å². The van der Waals surface area contributed by atoms with Crippen LogP contribution in [-0.4, -0.2) is 46.2 Å². The number of sulfonamides is 1. The van der Waals surface area contributed by atoms with Crippen molar-refractivity contribution >= 4 is 38.9 Å². The molecule has 0 aliphatic carbocycles. The minimum Gasteiger partial charge on any atom is -0.378 e. The fourth-order valence-corrected chi connectivity index (χ4v) is 6.61. The highest BCUT2D eigenvalue weighted by Crippen LogP contribution is 2.43. The van der Waals surface area contributed by atoms with Gasteiger partial charge >= 0.3 is 0 Å². The molecule has 2 heterocycles. The van der Waals surface area contributed by atoms with Gasteiger partial charge in [-0.3, -0.25) is 4.79 Å². The molecule has 0 spiro atoms. The van der Waals surface area contributed by atoms with Gasteiger partial charge in [-0.05, 0) is 79.9 Å². The minimum absolute atomic E-state index is 0.0667. The number of halogens is 1. The average molecular weight is 554 g/mol. The summed E-state index contributed by atoms with van der Waals surface area (Å²) >= 11 is 6.34. The van der Waals surface area contributed by atoms with Crippen molar-refractivity contribution in [2.45, 2.75) is 43.7 Å². The number of rotatable bonds is 6. The number of hydrogen-bond donors (Lipinski definition) is 1. The lowest BCUT2D eigenvalue weighted by molar-refractivity contribution is -0.118. The summed E-state index contributed by atoms with van der Waals surface area (Å²) in [5, 5.41) is 0.548. The van der Waals surface area contributed by atoms with E-state index in [2.05, 4.69) is 33.9 Å². The predicted molar refractivity (Wildman–Crippen MR) is 150 cm³/mol. The Morgan fingerprint density at radius 1 is 0.974 bits per heavy atom. The molecule has 1 saturated heterocycles. The summed E-state index contributed by atoms with van der Waals surface area (Å²) in [5.74, 6) is -0.633. The van der Waals surface area contributed by atoms with E-state index >= 15 is 0 Å². The molecule has 2 aliphatic rings. The summed E-state index contributed by atoms with van der Waals surface area (Å²) in [5.41, 5.74) is 3.91. The standard InChI is InChI=1S/C29H32ClN3O4S/c1-29(2,3)31-38(35,36)24-11-6-21(7-12-24)27-25-18-22(30)8-13-26(25)33(28(27)34)19-20-4-9-23(10-5-20)32-14-16-37-17-15-32/h4-13,18,27,31H,14-17,19H2,1-3H3. The first-order chi connectivity index (χ1) is 18.0. The molecule has 1 atom stereocenters. The third-order valence-corrected chi connectivity index (χ3v) is 8.73. The first-order valence-corrected chi connectivity index (χ1v) is 14.5. The molecule has 0 saturated carbocycles. The van der Waals surface area contributed by atoms with E-state index in [0.29, 0.717) is 11.6 Å². The SMILES string of the molecule is CC(C)(C)NS(=O)(=O)c1ccc(C2C(=O)N(Cc3ccc(N4CCOCC4)cc3)c3ccc(Cl)cc32)cc1. The van der Waals surface area contributed by atoms with Crippen molar-refractivity contribution in [2.75, 3.05) is 36.1 Å². The van der Waals surface area contributed by atoms with Crippen LogP contribution in [0.1, 0.15) is 43.4 Å². The van der Waals surface area contributed by atoms with Crippen LogP contribution < -0.4 is 14.5 Å². The molecule has 3 aromatic carbocycles. The van der Waals surface area contributed by atoms with E-state index in [-0.39, 0.29) is 10.8 Å². The number of anilines is 2. The predicted octanol–water partition coefficient (Wildman–Crippen LogP) is 4.93. The number of ether oxygens (including phenoxy) is 1. The molecule has 0 aromatic heterocycles. The zero-order chi connectivity index (χ0) is 27.1. The van der Waals surface area contributed by atoms with Gasteiger partial charge in [-0.1, -0.05) is 35.9 Å². The number of nitrogens with zero attached hydrogens (tertiary/aromatic N) is 2. The Hall–Kier alpha value is -2.91. The minimum atomic E-state index is -3.68. The molecule has 2 aliphatic heterocycles. The smallest absolute Gasteiger partial charge is 0.241 e. The van der Waals surface area contributed by atoms with Crippen molar-refractivity contribution in [3.63, 3.8) is 0 Å². The number of hydrogen-bond acceptors (Lipinski definition) is 5. The topological polar surface area (TPSA) is 79.0 Å². The zero-order valence-electron chi connectivity index (χ0n) is 21.8. The second-order valence-electron chi connectivity index (χ2n) is 10.8. The molecule has 5 rings (SSSR count). The van der Waals surface area contributed by atoms with Gasteiger partial charge in [-0.25, -0.2) is 13.1 Å². The lowest BCUT2D eigenvalue weighted by Gasteiger charge is -2.29. The number of carbonyl (C=O) groups excluding carboxylic acids is 1. The Bertz CT molecular complexity index is 1430. The molecular formula is C29H32ClN3O4S. The quantitative estimate of drug-likeness (QED) is 0.468. The second-order valence-corrected chi connectivity index (χ2v) is 12.9. The third kappa shape index (κ3) is 5.59. The molecule has 0 radical (unpaired) electrons. The zero-order valence-corrected chi connectivity index (χ0v) is 23.3. The van der Waals surface area contributed by atoms with Gasteiger partial charge in [0.2, 0.25) is 15.9 Å². The van der Waals surface area contributed by atoms with E-state index in [0.717, 1.165) is 54.4 Å². The van der Waals surface area contributed by atoms with Crippen LogP contribution in [0.3, 0.4) is 0 Å². The van der Waals surface area contributed by atoms with E-state index in [1.165, 1.54) is 0 Å². The van der Waals surface area contributed by atoms with Crippen molar-refractivity contribution < 1.29 is 17.9 Å². The first-order valence-electron chi connectivity index (χ1n) is 12.7. The maximum atomic E-state index is 13.8.